The normalized spacial score (nSPS) is 22.4. The topological polar surface area (TPSA) is 123 Å². The van der Waals surface area contributed by atoms with E-state index in [0.29, 0.717) is 23.0 Å². The molecule has 0 amide bonds. The van der Waals surface area contributed by atoms with E-state index < -0.39 is 24.4 Å². The summed E-state index contributed by atoms with van der Waals surface area (Å²) < 4.78 is 9.39. The lowest BCUT2D eigenvalue weighted by Gasteiger charge is -2.38. The average Bonchev–Trinajstić information content (AvgIpc) is 3.60. The number of aliphatic imine (C=N–C) groups is 1. The van der Waals surface area contributed by atoms with Crippen molar-refractivity contribution in [2.24, 2.45) is 4.99 Å². The van der Waals surface area contributed by atoms with Gasteiger partial charge in [-0.25, -0.2) is 19.3 Å². The van der Waals surface area contributed by atoms with Crippen LogP contribution in [-0.2, 0) is 4.74 Å². The Labute approximate surface area is 223 Å². The molecule has 2 aromatic heterocycles. The highest BCUT2D eigenvalue weighted by Crippen LogP contribution is 2.38. The van der Waals surface area contributed by atoms with E-state index in [9.17, 15) is 10.2 Å². The molecule has 12 heteroatoms. The molecule has 0 radical (unpaired) electrons. The number of thioether (sulfide) groups is 1. The number of nitrogens with zero attached hydrogens (tertiary/aromatic N) is 7. The fourth-order valence-corrected chi connectivity index (χ4v) is 4.61. The molecule has 3 heterocycles. The summed E-state index contributed by atoms with van der Waals surface area (Å²) in [6, 6.07) is 14.5. The van der Waals surface area contributed by atoms with Gasteiger partial charge in [0.25, 0.3) is 0 Å². The van der Waals surface area contributed by atoms with Gasteiger partial charge in [0.15, 0.2) is 5.82 Å². The minimum absolute atomic E-state index is 0.356. The predicted octanol–water partition coefficient (Wildman–Crippen LogP) is 4.02. The van der Waals surface area contributed by atoms with Gasteiger partial charge in [0, 0.05) is 17.0 Å². The van der Waals surface area contributed by atoms with Crippen LogP contribution in [0.15, 0.2) is 66.0 Å². The molecule has 4 aromatic rings. The number of hydrogen-bond acceptors (Lipinski definition) is 9. The number of aromatic nitrogens is 6. The Balaban J connectivity index is 1.42. The number of rotatable bonds is 6. The molecule has 0 aliphatic carbocycles. The molecule has 1 saturated heterocycles. The number of ether oxygens (including phenoxy) is 1. The fourth-order valence-electron chi connectivity index (χ4n) is 4.29. The second-order valence-corrected chi connectivity index (χ2v) is 10.0. The Kier molecular flexibility index (Phi) is 7.68. The average molecular weight is 540 g/mol. The van der Waals surface area contributed by atoms with Crippen molar-refractivity contribution in [1.29, 1.82) is 0 Å². The van der Waals surface area contributed by atoms with Crippen LogP contribution >= 0.6 is 23.4 Å². The number of hydrogen-bond donors (Lipinski definition) is 2. The van der Waals surface area contributed by atoms with Crippen molar-refractivity contribution in [3.05, 3.63) is 71.9 Å². The first-order valence-electron chi connectivity index (χ1n) is 11.7. The molecule has 10 nitrogen and oxygen atoms in total. The Morgan fingerprint density at radius 1 is 1.19 bits per heavy atom. The van der Waals surface area contributed by atoms with Gasteiger partial charge in [0.05, 0.1) is 35.3 Å². The quantitative estimate of drug-likeness (QED) is 0.278. The van der Waals surface area contributed by atoms with E-state index in [1.165, 1.54) is 6.33 Å². The standard InChI is InChI=1S/C25H26ClN7O3S/c1-15(37-2)29-18-7-9-19(10-8-18)33-25(27-14-28-33)22-11-21(24(35)23(13-34)36-22)32-12-20(30-31-32)16-3-5-17(26)6-4-16/h3-10,12,14,21-24,34-35H,11,13H2,1-2H3. The molecule has 0 spiro atoms. The molecule has 1 aliphatic rings. The zero-order valence-corrected chi connectivity index (χ0v) is 21.8. The van der Waals surface area contributed by atoms with Crippen molar-refractivity contribution in [3.8, 4) is 16.9 Å². The number of halogens is 1. The Hall–Kier alpha value is -3.09. The third kappa shape index (κ3) is 5.46. The highest BCUT2D eigenvalue weighted by molar-refractivity contribution is 8.13. The monoisotopic (exact) mass is 539 g/mol. The Bertz CT molecular complexity index is 1370. The summed E-state index contributed by atoms with van der Waals surface area (Å²) in [7, 11) is 0. The zero-order valence-electron chi connectivity index (χ0n) is 20.2. The molecule has 4 unspecified atom stereocenters. The van der Waals surface area contributed by atoms with E-state index in [0.717, 1.165) is 22.0 Å². The van der Waals surface area contributed by atoms with Crippen LogP contribution in [0, 0.1) is 0 Å². The van der Waals surface area contributed by atoms with E-state index >= 15 is 0 Å². The van der Waals surface area contributed by atoms with Crippen LogP contribution in [0.1, 0.15) is 31.3 Å². The summed E-state index contributed by atoms with van der Waals surface area (Å²) in [6.07, 6.45) is 3.21. The Morgan fingerprint density at radius 2 is 1.95 bits per heavy atom. The number of aliphatic hydroxyl groups is 2. The van der Waals surface area contributed by atoms with Crippen molar-refractivity contribution in [2.75, 3.05) is 12.9 Å². The summed E-state index contributed by atoms with van der Waals surface area (Å²) in [6.45, 7) is 1.60. The minimum atomic E-state index is -0.991. The smallest absolute Gasteiger partial charge is 0.161 e. The lowest BCUT2D eigenvalue weighted by molar-refractivity contribution is -0.161. The molecule has 2 N–H and O–H groups in total. The zero-order chi connectivity index (χ0) is 25.9. The van der Waals surface area contributed by atoms with Crippen LogP contribution in [0.3, 0.4) is 0 Å². The summed E-state index contributed by atoms with van der Waals surface area (Å²) >= 11 is 7.59. The van der Waals surface area contributed by atoms with Crippen molar-refractivity contribution < 1.29 is 14.9 Å². The lowest BCUT2D eigenvalue weighted by Crippen LogP contribution is -2.45. The van der Waals surface area contributed by atoms with Gasteiger partial charge in [-0.1, -0.05) is 28.9 Å². The SMILES string of the molecule is CSC(C)=Nc1ccc(-n2ncnc2C2CC(n3cc(-c4ccc(Cl)cc4)nn3)C(O)C(CO)O2)cc1. The number of aliphatic hydroxyl groups excluding tert-OH is 2. The van der Waals surface area contributed by atoms with Crippen molar-refractivity contribution >= 4 is 34.1 Å². The van der Waals surface area contributed by atoms with Crippen LogP contribution in [-0.4, -0.2) is 70.1 Å². The molecule has 192 valence electrons. The first kappa shape index (κ1) is 25.6. The van der Waals surface area contributed by atoms with Gasteiger partial charge >= 0.3 is 0 Å². The summed E-state index contributed by atoms with van der Waals surface area (Å²) in [4.78, 5) is 9.00. The van der Waals surface area contributed by atoms with Gasteiger partial charge in [0.1, 0.15) is 30.3 Å². The second kappa shape index (κ2) is 11.1. The molecule has 4 atom stereocenters. The van der Waals surface area contributed by atoms with Gasteiger partial charge < -0.3 is 14.9 Å². The molecular formula is C25H26ClN7O3S. The minimum Gasteiger partial charge on any atom is -0.394 e. The largest absolute Gasteiger partial charge is 0.394 e. The van der Waals surface area contributed by atoms with Crippen molar-refractivity contribution in [1.82, 2.24) is 29.8 Å². The predicted molar refractivity (Wildman–Crippen MR) is 142 cm³/mol. The van der Waals surface area contributed by atoms with E-state index in [1.807, 2.05) is 49.6 Å². The molecule has 37 heavy (non-hydrogen) atoms. The summed E-state index contributed by atoms with van der Waals surface area (Å²) in [5.41, 5.74) is 3.14. The number of benzene rings is 2. The third-order valence-electron chi connectivity index (χ3n) is 6.28. The van der Waals surface area contributed by atoms with Crippen LogP contribution in [0.4, 0.5) is 5.69 Å². The molecule has 0 saturated carbocycles. The van der Waals surface area contributed by atoms with Gasteiger partial charge in [0.2, 0.25) is 0 Å². The van der Waals surface area contributed by atoms with Crippen LogP contribution in [0.25, 0.3) is 16.9 Å². The van der Waals surface area contributed by atoms with Crippen LogP contribution in [0.5, 0.6) is 0 Å². The van der Waals surface area contributed by atoms with Crippen LogP contribution < -0.4 is 0 Å². The van der Waals surface area contributed by atoms with E-state index in [4.69, 9.17) is 16.3 Å². The van der Waals surface area contributed by atoms with Crippen LogP contribution in [0.2, 0.25) is 5.02 Å². The van der Waals surface area contributed by atoms with Crippen molar-refractivity contribution in [3.63, 3.8) is 0 Å². The molecule has 1 aliphatic heterocycles. The first-order valence-corrected chi connectivity index (χ1v) is 13.3. The summed E-state index contributed by atoms with van der Waals surface area (Å²) in [5.74, 6) is 0.560. The Morgan fingerprint density at radius 3 is 2.65 bits per heavy atom. The fraction of sp³-hybridized carbons (Fsp3) is 0.320. The molecular weight excluding hydrogens is 514 g/mol. The van der Waals surface area contributed by atoms with Gasteiger partial charge in [-0.3, -0.25) is 0 Å². The molecule has 5 rings (SSSR count). The lowest BCUT2D eigenvalue weighted by atomic mass is 9.95. The highest BCUT2D eigenvalue weighted by Gasteiger charge is 2.41. The first-order chi connectivity index (χ1) is 18.0. The molecule has 1 fully saturated rings. The maximum absolute atomic E-state index is 11.0. The van der Waals surface area contributed by atoms with E-state index in [2.05, 4.69) is 25.4 Å². The van der Waals surface area contributed by atoms with Crippen molar-refractivity contribution in [2.45, 2.75) is 37.7 Å². The molecule has 2 aromatic carbocycles. The van der Waals surface area contributed by atoms with E-state index in [-0.39, 0.29) is 6.61 Å². The molecule has 0 bridgehead atoms. The van der Waals surface area contributed by atoms with Gasteiger partial charge in [-0.2, -0.15) is 5.10 Å². The summed E-state index contributed by atoms with van der Waals surface area (Å²) in [5, 5.41) is 35.5. The highest BCUT2D eigenvalue weighted by atomic mass is 35.5. The van der Waals surface area contributed by atoms with E-state index in [1.54, 1.807) is 39.5 Å². The second-order valence-electron chi connectivity index (χ2n) is 8.61. The third-order valence-corrected chi connectivity index (χ3v) is 7.21. The van der Waals surface area contributed by atoms with Gasteiger partial charge in [-0.15, -0.1) is 16.9 Å². The van der Waals surface area contributed by atoms with Gasteiger partial charge in [-0.05, 0) is 49.6 Å². The maximum Gasteiger partial charge on any atom is 0.161 e. The maximum atomic E-state index is 11.0.